The molecule has 0 bridgehead atoms. The minimum absolute atomic E-state index is 0.234. The van der Waals surface area contributed by atoms with Crippen molar-refractivity contribution in [3.8, 4) is 0 Å². The van der Waals surface area contributed by atoms with Crippen molar-refractivity contribution in [2.24, 2.45) is 4.99 Å². The first-order valence-electron chi connectivity index (χ1n) is 10.2. The van der Waals surface area contributed by atoms with Crippen molar-refractivity contribution in [3.05, 3.63) is 36.5 Å². The zero-order valence-electron chi connectivity index (χ0n) is 16.2. The van der Waals surface area contributed by atoms with Gasteiger partial charge in [0, 0.05) is 19.5 Å². The number of aliphatic hydroxyl groups is 1. The van der Waals surface area contributed by atoms with Crippen LogP contribution in [0, 0.1) is 0 Å². The first kappa shape index (κ1) is 21.7. The smallest absolute Gasteiger partial charge is 0.0991 e. The molecule has 0 unspecified atom stereocenters. The SMILES string of the molecule is CC/C=C\C/C=C\C/C=C\CCCCCCCC1=NCCN1CCO. The van der Waals surface area contributed by atoms with Gasteiger partial charge in [-0.1, -0.05) is 62.6 Å². The van der Waals surface area contributed by atoms with Gasteiger partial charge >= 0.3 is 0 Å². The van der Waals surface area contributed by atoms with Crippen LogP contribution in [0.2, 0.25) is 0 Å². The van der Waals surface area contributed by atoms with Crippen LogP contribution in [0.5, 0.6) is 0 Å². The highest BCUT2D eigenvalue weighted by Crippen LogP contribution is 2.12. The number of unbranched alkanes of at least 4 members (excludes halogenated alkanes) is 5. The molecule has 0 atom stereocenters. The topological polar surface area (TPSA) is 35.8 Å². The van der Waals surface area contributed by atoms with Crippen LogP contribution >= 0.6 is 0 Å². The first-order chi connectivity index (χ1) is 12.4. The Morgan fingerprint density at radius 1 is 0.920 bits per heavy atom. The second kappa shape index (κ2) is 16.1. The van der Waals surface area contributed by atoms with E-state index in [0.717, 1.165) is 45.3 Å². The molecule has 0 aromatic rings. The Bertz CT molecular complexity index is 424. The zero-order valence-corrected chi connectivity index (χ0v) is 16.2. The quantitative estimate of drug-likeness (QED) is 0.323. The highest BCUT2D eigenvalue weighted by molar-refractivity contribution is 5.83. The highest BCUT2D eigenvalue weighted by Gasteiger charge is 2.14. The number of aliphatic hydroxyl groups excluding tert-OH is 1. The zero-order chi connectivity index (χ0) is 18.0. The molecular weight excluding hydrogens is 308 g/mol. The lowest BCUT2D eigenvalue weighted by atomic mass is 10.1. The molecule has 0 aromatic carbocycles. The predicted octanol–water partition coefficient (Wildman–Crippen LogP) is 5.28. The van der Waals surface area contributed by atoms with Crippen LogP contribution in [0.3, 0.4) is 0 Å². The van der Waals surface area contributed by atoms with Crippen LogP contribution in [0.1, 0.15) is 71.1 Å². The Labute approximate surface area is 155 Å². The summed E-state index contributed by atoms with van der Waals surface area (Å²) in [5, 5.41) is 9.04. The van der Waals surface area contributed by atoms with Gasteiger partial charge in [-0.25, -0.2) is 0 Å². The van der Waals surface area contributed by atoms with Crippen molar-refractivity contribution in [1.29, 1.82) is 0 Å². The maximum Gasteiger partial charge on any atom is 0.0991 e. The number of β-amino-alcohol motifs (C(OH)–C–C–N with tert-alkyl or cyclic N) is 1. The maximum atomic E-state index is 9.04. The van der Waals surface area contributed by atoms with Gasteiger partial charge in [0.25, 0.3) is 0 Å². The van der Waals surface area contributed by atoms with Crippen LogP contribution in [0.4, 0.5) is 0 Å². The predicted molar refractivity (Wildman–Crippen MR) is 110 cm³/mol. The minimum atomic E-state index is 0.234. The van der Waals surface area contributed by atoms with E-state index >= 15 is 0 Å². The van der Waals surface area contributed by atoms with Gasteiger partial charge in [-0.2, -0.15) is 0 Å². The lowest BCUT2D eigenvalue weighted by Crippen LogP contribution is -2.30. The summed E-state index contributed by atoms with van der Waals surface area (Å²) in [6.07, 6.45) is 25.6. The molecule has 0 aromatic heterocycles. The van der Waals surface area contributed by atoms with Gasteiger partial charge in [-0.3, -0.25) is 4.99 Å². The Balaban J connectivity index is 1.89. The van der Waals surface area contributed by atoms with Crippen molar-refractivity contribution in [1.82, 2.24) is 4.90 Å². The normalized spacial score (nSPS) is 15.3. The molecule has 0 fully saturated rings. The Kier molecular flexibility index (Phi) is 14.0. The summed E-state index contributed by atoms with van der Waals surface area (Å²) in [5.41, 5.74) is 0. The van der Waals surface area contributed by atoms with Gasteiger partial charge in [0.15, 0.2) is 0 Å². The Morgan fingerprint density at radius 2 is 1.60 bits per heavy atom. The van der Waals surface area contributed by atoms with E-state index in [-0.39, 0.29) is 6.61 Å². The fraction of sp³-hybridized carbons (Fsp3) is 0.682. The van der Waals surface area contributed by atoms with Crippen LogP contribution in [-0.2, 0) is 0 Å². The van der Waals surface area contributed by atoms with Crippen LogP contribution in [-0.4, -0.2) is 42.1 Å². The molecule has 142 valence electrons. The number of allylic oxidation sites excluding steroid dienone is 6. The summed E-state index contributed by atoms with van der Waals surface area (Å²) in [6.45, 7) is 5.05. The third kappa shape index (κ3) is 11.8. The molecule has 3 heteroatoms. The fourth-order valence-corrected chi connectivity index (χ4v) is 3.03. The van der Waals surface area contributed by atoms with Gasteiger partial charge < -0.3 is 10.0 Å². The van der Waals surface area contributed by atoms with E-state index in [1.165, 1.54) is 44.4 Å². The molecule has 0 saturated carbocycles. The fourth-order valence-electron chi connectivity index (χ4n) is 3.03. The number of nitrogens with zero attached hydrogens (tertiary/aromatic N) is 2. The van der Waals surface area contributed by atoms with E-state index in [4.69, 9.17) is 5.11 Å². The van der Waals surface area contributed by atoms with E-state index in [1.807, 2.05) is 0 Å². The molecule has 0 amide bonds. The third-order valence-electron chi connectivity index (χ3n) is 4.45. The number of hydrogen-bond donors (Lipinski definition) is 1. The summed E-state index contributed by atoms with van der Waals surface area (Å²) < 4.78 is 0. The van der Waals surface area contributed by atoms with Crippen molar-refractivity contribution in [3.63, 3.8) is 0 Å². The largest absolute Gasteiger partial charge is 0.395 e. The molecule has 3 nitrogen and oxygen atoms in total. The second-order valence-electron chi connectivity index (χ2n) is 6.61. The molecule has 1 N–H and O–H groups in total. The lowest BCUT2D eigenvalue weighted by Gasteiger charge is -2.18. The number of hydrogen-bond acceptors (Lipinski definition) is 3. The molecule has 0 saturated heterocycles. The molecule has 0 spiro atoms. The lowest BCUT2D eigenvalue weighted by molar-refractivity contribution is 0.255. The van der Waals surface area contributed by atoms with Crippen LogP contribution < -0.4 is 0 Å². The third-order valence-corrected chi connectivity index (χ3v) is 4.45. The molecule has 1 aliphatic rings. The average molecular weight is 347 g/mol. The average Bonchev–Trinajstić information content (AvgIpc) is 3.06. The van der Waals surface area contributed by atoms with Crippen LogP contribution in [0.25, 0.3) is 0 Å². The van der Waals surface area contributed by atoms with Gasteiger partial charge in [0.2, 0.25) is 0 Å². The van der Waals surface area contributed by atoms with E-state index in [2.05, 4.69) is 53.3 Å². The number of aliphatic imine (C=N–C) groups is 1. The molecule has 0 aliphatic carbocycles. The number of amidine groups is 1. The first-order valence-corrected chi connectivity index (χ1v) is 10.2. The minimum Gasteiger partial charge on any atom is -0.395 e. The molecule has 1 rings (SSSR count). The Hall–Kier alpha value is -1.35. The van der Waals surface area contributed by atoms with Gasteiger partial charge in [-0.05, 0) is 38.5 Å². The highest BCUT2D eigenvalue weighted by atomic mass is 16.3. The monoisotopic (exact) mass is 346 g/mol. The molecule has 1 aliphatic heterocycles. The van der Waals surface area contributed by atoms with Crippen molar-refractivity contribution >= 4 is 5.84 Å². The number of rotatable bonds is 15. The summed E-state index contributed by atoms with van der Waals surface area (Å²) in [6, 6.07) is 0. The maximum absolute atomic E-state index is 9.04. The van der Waals surface area contributed by atoms with Crippen molar-refractivity contribution in [2.45, 2.75) is 71.1 Å². The van der Waals surface area contributed by atoms with E-state index in [9.17, 15) is 0 Å². The molecule has 1 heterocycles. The van der Waals surface area contributed by atoms with Gasteiger partial charge in [0.05, 0.1) is 19.0 Å². The van der Waals surface area contributed by atoms with Crippen LogP contribution in [0.15, 0.2) is 41.4 Å². The second-order valence-corrected chi connectivity index (χ2v) is 6.61. The van der Waals surface area contributed by atoms with E-state index in [1.54, 1.807) is 0 Å². The van der Waals surface area contributed by atoms with Gasteiger partial charge in [0.1, 0.15) is 0 Å². The molecule has 0 radical (unpaired) electrons. The summed E-state index contributed by atoms with van der Waals surface area (Å²) in [7, 11) is 0. The summed E-state index contributed by atoms with van der Waals surface area (Å²) in [5.74, 6) is 1.22. The molecule has 25 heavy (non-hydrogen) atoms. The van der Waals surface area contributed by atoms with Crippen molar-refractivity contribution < 1.29 is 5.11 Å². The van der Waals surface area contributed by atoms with E-state index < -0.39 is 0 Å². The summed E-state index contributed by atoms with van der Waals surface area (Å²) >= 11 is 0. The summed E-state index contributed by atoms with van der Waals surface area (Å²) in [4.78, 5) is 6.79. The Morgan fingerprint density at radius 3 is 2.36 bits per heavy atom. The van der Waals surface area contributed by atoms with Crippen molar-refractivity contribution in [2.75, 3.05) is 26.2 Å². The van der Waals surface area contributed by atoms with E-state index in [0.29, 0.717) is 0 Å². The molecular formula is C22H38N2O. The van der Waals surface area contributed by atoms with Gasteiger partial charge in [-0.15, -0.1) is 0 Å². The standard InChI is InChI=1S/C22H38N2O/c1-2-3-4-5-6-7-8-9-10-11-12-13-14-15-16-17-22-23-18-19-24(22)20-21-25/h3-4,6-7,9-10,25H,2,5,8,11-21H2,1H3/b4-3-,7-6-,10-9-.